The van der Waals surface area contributed by atoms with Gasteiger partial charge in [-0.15, -0.1) is 0 Å². The summed E-state index contributed by atoms with van der Waals surface area (Å²) < 4.78 is 15.8. The largest absolute Gasteiger partial charge is 0.497 e. The molecule has 0 bridgehead atoms. The van der Waals surface area contributed by atoms with Crippen LogP contribution in [0.25, 0.3) is 0 Å². The van der Waals surface area contributed by atoms with Crippen molar-refractivity contribution in [3.05, 3.63) is 53.6 Å². The second-order valence-corrected chi connectivity index (χ2v) is 4.83. The Hall–Kier alpha value is -2.69. The fraction of sp³-hybridized carbons (Fsp3) is 0.278. The summed E-state index contributed by atoms with van der Waals surface area (Å²) in [5.41, 5.74) is 1.47. The Bertz CT molecular complexity index is 653. The van der Waals surface area contributed by atoms with E-state index in [2.05, 4.69) is 5.32 Å². The first-order valence-corrected chi connectivity index (χ1v) is 7.40. The smallest absolute Gasteiger partial charge is 0.255 e. The lowest BCUT2D eigenvalue weighted by atomic mass is 10.1. The first-order chi connectivity index (χ1) is 11.2. The van der Waals surface area contributed by atoms with Gasteiger partial charge in [0.15, 0.2) is 0 Å². The number of nitrogens with one attached hydrogen (secondary N) is 1. The van der Waals surface area contributed by atoms with Gasteiger partial charge in [-0.3, -0.25) is 4.79 Å². The maximum absolute atomic E-state index is 12.3. The molecule has 0 aliphatic carbocycles. The molecule has 0 spiro atoms. The Morgan fingerprint density at radius 2 is 1.70 bits per heavy atom. The van der Waals surface area contributed by atoms with Gasteiger partial charge in [-0.2, -0.15) is 0 Å². The van der Waals surface area contributed by atoms with Crippen LogP contribution in [0.3, 0.4) is 0 Å². The Morgan fingerprint density at radius 3 is 2.30 bits per heavy atom. The minimum absolute atomic E-state index is 0.194. The average molecular weight is 315 g/mol. The summed E-state index contributed by atoms with van der Waals surface area (Å²) in [4.78, 5) is 12.3. The lowest BCUT2D eigenvalue weighted by Crippen LogP contribution is -2.23. The molecule has 1 amide bonds. The van der Waals surface area contributed by atoms with Crippen LogP contribution in [0.5, 0.6) is 17.2 Å². The average Bonchev–Trinajstić information content (AvgIpc) is 2.60. The van der Waals surface area contributed by atoms with Gasteiger partial charge in [0.25, 0.3) is 5.91 Å². The molecule has 0 aliphatic heterocycles. The second-order valence-electron chi connectivity index (χ2n) is 4.83. The number of carbonyl (C=O) groups excluding carboxylic acids is 1. The molecule has 2 aromatic carbocycles. The highest BCUT2D eigenvalue weighted by Crippen LogP contribution is 2.24. The van der Waals surface area contributed by atoms with E-state index < -0.39 is 0 Å². The van der Waals surface area contributed by atoms with Crippen LogP contribution in [0.2, 0.25) is 0 Å². The van der Waals surface area contributed by atoms with Gasteiger partial charge >= 0.3 is 0 Å². The number of amides is 1. The third-order valence-electron chi connectivity index (χ3n) is 3.34. The van der Waals surface area contributed by atoms with Crippen molar-refractivity contribution < 1.29 is 19.0 Å². The van der Waals surface area contributed by atoms with Crippen molar-refractivity contribution in [3.63, 3.8) is 0 Å². The van der Waals surface area contributed by atoms with Crippen LogP contribution in [0.15, 0.2) is 42.5 Å². The third kappa shape index (κ3) is 4.39. The highest BCUT2D eigenvalue weighted by atomic mass is 16.5. The number of ether oxygens (including phenoxy) is 3. The molecule has 0 fully saturated rings. The van der Waals surface area contributed by atoms with Crippen LogP contribution in [-0.4, -0.2) is 26.7 Å². The van der Waals surface area contributed by atoms with Crippen molar-refractivity contribution in [3.8, 4) is 17.2 Å². The maximum atomic E-state index is 12.3. The zero-order chi connectivity index (χ0) is 16.7. The molecule has 122 valence electrons. The summed E-state index contributed by atoms with van der Waals surface area (Å²) in [5.74, 6) is 1.76. The van der Waals surface area contributed by atoms with E-state index in [1.807, 2.05) is 31.2 Å². The SMILES string of the molecule is CCOc1ccc(C(=O)NCc2ccc(OC)cc2)c(OC)c1. The van der Waals surface area contributed by atoms with Gasteiger partial charge in [-0.25, -0.2) is 0 Å². The van der Waals surface area contributed by atoms with Crippen molar-refractivity contribution in [2.75, 3.05) is 20.8 Å². The first-order valence-electron chi connectivity index (χ1n) is 7.40. The van der Waals surface area contributed by atoms with Gasteiger partial charge in [0, 0.05) is 12.6 Å². The lowest BCUT2D eigenvalue weighted by Gasteiger charge is -2.11. The van der Waals surface area contributed by atoms with Crippen LogP contribution in [0.4, 0.5) is 0 Å². The summed E-state index contributed by atoms with van der Waals surface area (Å²) >= 11 is 0. The zero-order valence-electron chi connectivity index (χ0n) is 13.6. The Labute approximate surface area is 136 Å². The van der Waals surface area contributed by atoms with E-state index >= 15 is 0 Å². The van der Waals surface area contributed by atoms with Crippen molar-refractivity contribution in [2.45, 2.75) is 13.5 Å². The van der Waals surface area contributed by atoms with Gasteiger partial charge in [0.1, 0.15) is 17.2 Å². The van der Waals surface area contributed by atoms with Gasteiger partial charge in [-0.1, -0.05) is 12.1 Å². The normalized spacial score (nSPS) is 10.0. The van der Waals surface area contributed by atoms with E-state index in [1.165, 1.54) is 7.11 Å². The maximum Gasteiger partial charge on any atom is 0.255 e. The van der Waals surface area contributed by atoms with Crippen LogP contribution < -0.4 is 19.5 Å². The fourth-order valence-corrected chi connectivity index (χ4v) is 2.14. The number of methoxy groups -OCH3 is 2. The molecule has 0 saturated heterocycles. The second kappa shape index (κ2) is 8.08. The monoisotopic (exact) mass is 315 g/mol. The number of benzene rings is 2. The van der Waals surface area contributed by atoms with E-state index in [0.29, 0.717) is 30.2 Å². The standard InChI is InChI=1S/C18H21NO4/c1-4-23-15-9-10-16(17(11-15)22-3)18(20)19-12-13-5-7-14(21-2)8-6-13/h5-11H,4,12H2,1-3H3,(H,19,20). The fourth-order valence-electron chi connectivity index (χ4n) is 2.14. The molecule has 23 heavy (non-hydrogen) atoms. The predicted molar refractivity (Wildman–Crippen MR) is 88.3 cm³/mol. The van der Waals surface area contributed by atoms with E-state index in [-0.39, 0.29) is 5.91 Å². The van der Waals surface area contributed by atoms with Crippen LogP contribution in [-0.2, 0) is 6.54 Å². The highest BCUT2D eigenvalue weighted by molar-refractivity contribution is 5.97. The van der Waals surface area contributed by atoms with Gasteiger partial charge < -0.3 is 19.5 Å². The minimum atomic E-state index is -0.194. The number of hydrogen-bond donors (Lipinski definition) is 1. The third-order valence-corrected chi connectivity index (χ3v) is 3.34. The van der Waals surface area contributed by atoms with Crippen LogP contribution in [0, 0.1) is 0 Å². The van der Waals surface area contributed by atoms with E-state index in [1.54, 1.807) is 25.3 Å². The Kier molecular flexibility index (Phi) is 5.86. The van der Waals surface area contributed by atoms with E-state index in [9.17, 15) is 4.79 Å². The summed E-state index contributed by atoms with van der Waals surface area (Å²) in [6, 6.07) is 12.7. The molecule has 2 rings (SSSR count). The molecule has 2 aromatic rings. The summed E-state index contributed by atoms with van der Waals surface area (Å²) in [7, 11) is 3.15. The summed E-state index contributed by atoms with van der Waals surface area (Å²) in [5, 5.41) is 2.88. The first kappa shape index (κ1) is 16.7. The van der Waals surface area contributed by atoms with Gasteiger partial charge in [0.2, 0.25) is 0 Å². The molecular formula is C18H21NO4. The van der Waals surface area contributed by atoms with Crippen molar-refractivity contribution in [1.29, 1.82) is 0 Å². The molecule has 5 nitrogen and oxygen atoms in total. The molecular weight excluding hydrogens is 294 g/mol. The molecule has 0 aromatic heterocycles. The van der Waals surface area contributed by atoms with E-state index in [0.717, 1.165) is 11.3 Å². The topological polar surface area (TPSA) is 56.8 Å². The van der Waals surface area contributed by atoms with Gasteiger partial charge in [0.05, 0.1) is 26.4 Å². The molecule has 0 radical (unpaired) electrons. The Balaban J connectivity index is 2.04. The minimum Gasteiger partial charge on any atom is -0.497 e. The van der Waals surface area contributed by atoms with Crippen LogP contribution in [0.1, 0.15) is 22.8 Å². The zero-order valence-corrected chi connectivity index (χ0v) is 13.6. The summed E-state index contributed by atoms with van der Waals surface area (Å²) in [6.07, 6.45) is 0. The van der Waals surface area contributed by atoms with Crippen molar-refractivity contribution in [1.82, 2.24) is 5.32 Å². The number of hydrogen-bond acceptors (Lipinski definition) is 4. The lowest BCUT2D eigenvalue weighted by molar-refractivity contribution is 0.0948. The molecule has 0 saturated carbocycles. The number of rotatable bonds is 7. The number of carbonyl (C=O) groups is 1. The molecule has 0 aliphatic rings. The van der Waals surface area contributed by atoms with Crippen LogP contribution >= 0.6 is 0 Å². The summed E-state index contributed by atoms with van der Waals surface area (Å²) in [6.45, 7) is 2.90. The quantitative estimate of drug-likeness (QED) is 0.853. The predicted octanol–water partition coefficient (Wildman–Crippen LogP) is 3.03. The van der Waals surface area contributed by atoms with Crippen molar-refractivity contribution in [2.24, 2.45) is 0 Å². The van der Waals surface area contributed by atoms with Gasteiger partial charge in [-0.05, 0) is 36.8 Å². The van der Waals surface area contributed by atoms with Crippen molar-refractivity contribution >= 4 is 5.91 Å². The molecule has 0 heterocycles. The molecule has 5 heteroatoms. The molecule has 0 atom stereocenters. The molecule has 1 N–H and O–H groups in total. The Morgan fingerprint density at radius 1 is 1.00 bits per heavy atom. The highest BCUT2D eigenvalue weighted by Gasteiger charge is 2.13. The van der Waals surface area contributed by atoms with E-state index in [4.69, 9.17) is 14.2 Å². The molecule has 0 unspecified atom stereocenters.